The summed E-state index contributed by atoms with van der Waals surface area (Å²) in [5, 5.41) is 14.1. The van der Waals surface area contributed by atoms with Crippen LogP contribution in [0.15, 0.2) is 42.5 Å². The van der Waals surface area contributed by atoms with Crippen LogP contribution in [-0.2, 0) is 0 Å². The van der Waals surface area contributed by atoms with Crippen molar-refractivity contribution in [2.75, 3.05) is 13.1 Å². The number of rotatable bonds is 2. The van der Waals surface area contributed by atoms with Crippen molar-refractivity contribution in [1.29, 1.82) is 0 Å². The van der Waals surface area contributed by atoms with Gasteiger partial charge in [-0.25, -0.2) is 4.79 Å². The van der Waals surface area contributed by atoms with E-state index in [1.54, 1.807) is 0 Å². The number of hydrogen-bond acceptors (Lipinski definition) is 2. The second-order valence-electron chi connectivity index (χ2n) is 6.08. The predicted octanol–water partition coefficient (Wildman–Crippen LogP) is 2.18. The summed E-state index contributed by atoms with van der Waals surface area (Å²) in [6, 6.07) is 13.7. The van der Waals surface area contributed by atoms with Gasteiger partial charge in [0.2, 0.25) is 0 Å². The number of hydrogen-bond donors (Lipinski definition) is 2. The lowest BCUT2D eigenvalue weighted by atomic mass is 10.1. The molecule has 2 amide bonds. The number of amides is 2. The van der Waals surface area contributed by atoms with Crippen molar-refractivity contribution in [2.45, 2.75) is 6.04 Å². The Balaban J connectivity index is 1.44. The zero-order valence-electron chi connectivity index (χ0n) is 11.9. The maximum atomic E-state index is 12.3. The van der Waals surface area contributed by atoms with Gasteiger partial charge >= 0.3 is 6.09 Å². The molecule has 2 unspecified atom stereocenters. The van der Waals surface area contributed by atoms with Gasteiger partial charge in [-0.1, -0.05) is 30.3 Å². The molecule has 0 aromatic heterocycles. The molecule has 1 aliphatic heterocycles. The molecule has 1 saturated heterocycles. The van der Waals surface area contributed by atoms with E-state index in [1.807, 2.05) is 42.5 Å². The van der Waals surface area contributed by atoms with Crippen molar-refractivity contribution < 1.29 is 14.7 Å². The van der Waals surface area contributed by atoms with Crippen LogP contribution < -0.4 is 5.32 Å². The molecule has 2 N–H and O–H groups in total. The van der Waals surface area contributed by atoms with Crippen molar-refractivity contribution in [3.8, 4) is 0 Å². The minimum absolute atomic E-state index is 0.0768. The van der Waals surface area contributed by atoms with E-state index in [2.05, 4.69) is 5.32 Å². The summed E-state index contributed by atoms with van der Waals surface area (Å²) in [5.41, 5.74) is 0.652. The Bertz CT molecular complexity index is 761. The van der Waals surface area contributed by atoms with Gasteiger partial charge in [0.05, 0.1) is 0 Å². The zero-order chi connectivity index (χ0) is 15.3. The molecule has 0 spiro atoms. The number of carbonyl (C=O) groups excluding carboxylic acids is 1. The van der Waals surface area contributed by atoms with Gasteiger partial charge in [-0.3, -0.25) is 4.79 Å². The number of carbonyl (C=O) groups is 2. The molecule has 5 heteroatoms. The Morgan fingerprint density at radius 2 is 1.73 bits per heavy atom. The van der Waals surface area contributed by atoms with E-state index in [1.165, 1.54) is 4.90 Å². The van der Waals surface area contributed by atoms with Crippen LogP contribution in [0.2, 0.25) is 0 Å². The molecule has 1 heterocycles. The van der Waals surface area contributed by atoms with Crippen LogP contribution in [0.3, 0.4) is 0 Å². The average molecular weight is 296 g/mol. The Morgan fingerprint density at radius 3 is 2.41 bits per heavy atom. The summed E-state index contributed by atoms with van der Waals surface area (Å²) < 4.78 is 0. The Kier molecular flexibility index (Phi) is 2.82. The first-order valence-electron chi connectivity index (χ1n) is 7.41. The highest BCUT2D eigenvalue weighted by Crippen LogP contribution is 2.45. The molecule has 112 valence electrons. The molecule has 4 rings (SSSR count). The molecule has 0 bridgehead atoms. The van der Waals surface area contributed by atoms with Crippen LogP contribution in [-0.4, -0.2) is 41.1 Å². The Morgan fingerprint density at radius 1 is 1.05 bits per heavy atom. The summed E-state index contributed by atoms with van der Waals surface area (Å²) in [6.45, 7) is 1.06. The number of nitrogens with one attached hydrogen (secondary N) is 1. The molecule has 1 aliphatic carbocycles. The lowest BCUT2D eigenvalue weighted by molar-refractivity contribution is 0.0943. The Labute approximate surface area is 127 Å². The molecule has 1 saturated carbocycles. The standard InChI is InChI=1S/C17H16N2O3/c20-16(12-6-5-10-3-1-2-4-11(10)7-12)18-15-13-8-19(17(21)22)9-14(13)15/h1-7,13-15H,8-9H2,(H,18,20)(H,21,22). The lowest BCUT2D eigenvalue weighted by Crippen LogP contribution is -2.36. The first kappa shape index (κ1) is 13.1. The second kappa shape index (κ2) is 4.73. The molecule has 2 aromatic carbocycles. The molecule has 2 aliphatic rings. The second-order valence-corrected chi connectivity index (χ2v) is 6.08. The maximum Gasteiger partial charge on any atom is 0.407 e. The minimum atomic E-state index is -0.869. The van der Waals surface area contributed by atoms with Crippen molar-refractivity contribution in [2.24, 2.45) is 11.8 Å². The lowest BCUT2D eigenvalue weighted by Gasteiger charge is -2.16. The summed E-state index contributed by atoms with van der Waals surface area (Å²) in [5.74, 6) is 0.480. The molecule has 0 radical (unpaired) electrons. The molecule has 2 atom stereocenters. The monoisotopic (exact) mass is 296 g/mol. The smallest absolute Gasteiger partial charge is 0.407 e. The van der Waals surface area contributed by atoms with Crippen molar-refractivity contribution >= 4 is 22.8 Å². The normalized spacial score (nSPS) is 25.8. The molecule has 2 fully saturated rings. The third-order valence-corrected chi connectivity index (χ3v) is 4.77. The SMILES string of the molecule is O=C(NC1C2CN(C(=O)O)CC21)c1ccc2ccccc2c1. The Hall–Kier alpha value is -2.56. The van der Waals surface area contributed by atoms with Gasteiger partial charge in [0.25, 0.3) is 5.91 Å². The van der Waals surface area contributed by atoms with Gasteiger partial charge in [0.15, 0.2) is 0 Å². The molecular weight excluding hydrogens is 280 g/mol. The van der Waals surface area contributed by atoms with Crippen LogP contribution in [0.4, 0.5) is 4.79 Å². The van der Waals surface area contributed by atoms with E-state index in [0.29, 0.717) is 18.7 Å². The highest BCUT2D eigenvalue weighted by atomic mass is 16.4. The van der Waals surface area contributed by atoms with Crippen LogP contribution in [0.25, 0.3) is 10.8 Å². The van der Waals surface area contributed by atoms with Crippen LogP contribution in [0, 0.1) is 11.8 Å². The van der Waals surface area contributed by atoms with E-state index >= 15 is 0 Å². The summed E-state index contributed by atoms with van der Waals surface area (Å²) in [4.78, 5) is 24.6. The van der Waals surface area contributed by atoms with Gasteiger partial charge < -0.3 is 15.3 Å². The van der Waals surface area contributed by atoms with E-state index < -0.39 is 6.09 Å². The third kappa shape index (κ3) is 2.09. The number of piperidine rings is 1. The number of fused-ring (bicyclic) bond motifs is 2. The van der Waals surface area contributed by atoms with Gasteiger partial charge in [-0.05, 0) is 22.9 Å². The first-order chi connectivity index (χ1) is 10.6. The highest BCUT2D eigenvalue weighted by molar-refractivity contribution is 5.98. The summed E-state index contributed by atoms with van der Waals surface area (Å²) in [7, 11) is 0. The number of likely N-dealkylation sites (tertiary alicyclic amines) is 1. The van der Waals surface area contributed by atoms with Crippen molar-refractivity contribution in [3.05, 3.63) is 48.0 Å². The van der Waals surface area contributed by atoms with E-state index in [4.69, 9.17) is 5.11 Å². The fourth-order valence-electron chi connectivity index (χ4n) is 3.46. The number of carboxylic acid groups (broad SMARTS) is 1. The molecule has 22 heavy (non-hydrogen) atoms. The summed E-state index contributed by atoms with van der Waals surface area (Å²) >= 11 is 0. The van der Waals surface area contributed by atoms with Gasteiger partial charge in [-0.15, -0.1) is 0 Å². The van der Waals surface area contributed by atoms with E-state index in [0.717, 1.165) is 10.8 Å². The van der Waals surface area contributed by atoms with Crippen LogP contribution in [0.1, 0.15) is 10.4 Å². The molecule has 2 aromatic rings. The number of benzene rings is 2. The fraction of sp³-hybridized carbons (Fsp3) is 0.294. The topological polar surface area (TPSA) is 69.6 Å². The first-order valence-corrected chi connectivity index (χ1v) is 7.41. The molecule has 5 nitrogen and oxygen atoms in total. The van der Waals surface area contributed by atoms with Crippen molar-refractivity contribution in [3.63, 3.8) is 0 Å². The van der Waals surface area contributed by atoms with Gasteiger partial charge in [0, 0.05) is 36.5 Å². The zero-order valence-corrected chi connectivity index (χ0v) is 11.9. The van der Waals surface area contributed by atoms with Crippen molar-refractivity contribution in [1.82, 2.24) is 10.2 Å². The highest BCUT2D eigenvalue weighted by Gasteiger charge is 2.57. The predicted molar refractivity (Wildman–Crippen MR) is 81.8 cm³/mol. The van der Waals surface area contributed by atoms with Gasteiger partial charge in [-0.2, -0.15) is 0 Å². The fourth-order valence-corrected chi connectivity index (χ4v) is 3.46. The minimum Gasteiger partial charge on any atom is -0.465 e. The average Bonchev–Trinajstić information content (AvgIpc) is 2.97. The van der Waals surface area contributed by atoms with Gasteiger partial charge in [0.1, 0.15) is 0 Å². The van der Waals surface area contributed by atoms with Crippen LogP contribution in [0.5, 0.6) is 0 Å². The molecular formula is C17H16N2O3. The quantitative estimate of drug-likeness (QED) is 0.892. The van der Waals surface area contributed by atoms with E-state index in [-0.39, 0.29) is 23.8 Å². The largest absolute Gasteiger partial charge is 0.465 e. The maximum absolute atomic E-state index is 12.3. The number of nitrogens with zero attached hydrogens (tertiary/aromatic N) is 1. The van der Waals surface area contributed by atoms with Crippen LogP contribution >= 0.6 is 0 Å². The van der Waals surface area contributed by atoms with E-state index in [9.17, 15) is 9.59 Å². The summed E-state index contributed by atoms with van der Waals surface area (Å²) in [6.07, 6.45) is -0.869. The third-order valence-electron chi connectivity index (χ3n) is 4.77.